The van der Waals surface area contributed by atoms with Gasteiger partial charge in [0.15, 0.2) is 0 Å². The fourth-order valence-corrected chi connectivity index (χ4v) is 1.40. The topological polar surface area (TPSA) is 69.6 Å². The third-order valence-electron chi connectivity index (χ3n) is 2.43. The van der Waals surface area contributed by atoms with Gasteiger partial charge in [-0.25, -0.2) is 0 Å². The predicted octanol–water partition coefficient (Wildman–Crippen LogP) is 1.09. The molecule has 0 atom stereocenters. The van der Waals surface area contributed by atoms with Crippen LogP contribution in [0.4, 0.5) is 0 Å². The summed E-state index contributed by atoms with van der Waals surface area (Å²) in [5.74, 6) is -0.647. The van der Waals surface area contributed by atoms with E-state index in [9.17, 15) is 9.59 Å². The number of unbranched alkanes of at least 4 members (excludes halogenated alkanes) is 3. The van der Waals surface area contributed by atoms with Crippen LogP contribution in [0, 0.1) is 0 Å². The number of carbonyl (C=O) groups excluding carboxylic acids is 1. The Bertz CT molecular complexity index is 230. The highest BCUT2D eigenvalue weighted by molar-refractivity contribution is 5.75. The highest BCUT2D eigenvalue weighted by atomic mass is 16.4. The number of carboxylic acids is 1. The number of carbonyl (C=O) groups is 2. The zero-order chi connectivity index (χ0) is 13.1. The van der Waals surface area contributed by atoms with Crippen LogP contribution in [0.2, 0.25) is 0 Å². The van der Waals surface area contributed by atoms with E-state index in [-0.39, 0.29) is 12.3 Å². The molecule has 0 aromatic rings. The first-order chi connectivity index (χ1) is 8.02. The maximum absolute atomic E-state index is 11.3. The highest BCUT2D eigenvalue weighted by Crippen LogP contribution is 2.02. The van der Waals surface area contributed by atoms with Crippen molar-refractivity contribution in [2.75, 3.05) is 27.2 Å². The molecule has 0 heterocycles. The van der Waals surface area contributed by atoms with Gasteiger partial charge < -0.3 is 15.3 Å². The monoisotopic (exact) mass is 244 g/mol. The Kier molecular flexibility index (Phi) is 9.43. The largest absolute Gasteiger partial charge is 0.481 e. The van der Waals surface area contributed by atoms with Crippen molar-refractivity contribution in [2.45, 2.75) is 38.5 Å². The Labute approximate surface area is 103 Å². The molecule has 0 aliphatic heterocycles. The quantitative estimate of drug-likeness (QED) is 0.564. The van der Waals surface area contributed by atoms with E-state index >= 15 is 0 Å². The van der Waals surface area contributed by atoms with Crippen molar-refractivity contribution in [1.29, 1.82) is 0 Å². The van der Waals surface area contributed by atoms with Crippen molar-refractivity contribution >= 4 is 11.9 Å². The molecular formula is C12H24N2O3. The lowest BCUT2D eigenvalue weighted by atomic mass is 10.1. The van der Waals surface area contributed by atoms with Gasteiger partial charge in [0.2, 0.25) is 5.91 Å². The number of aliphatic carboxylic acids is 1. The summed E-state index contributed by atoms with van der Waals surface area (Å²) in [6.45, 7) is 1.46. The van der Waals surface area contributed by atoms with E-state index in [1.807, 2.05) is 19.0 Å². The first kappa shape index (κ1) is 15.9. The fourth-order valence-electron chi connectivity index (χ4n) is 1.40. The summed E-state index contributed by atoms with van der Waals surface area (Å²) in [5.41, 5.74) is 0. The Morgan fingerprint density at radius 3 is 2.29 bits per heavy atom. The van der Waals surface area contributed by atoms with Crippen LogP contribution in [0.5, 0.6) is 0 Å². The molecule has 0 bridgehead atoms. The third kappa shape index (κ3) is 12.8. The average Bonchev–Trinajstić information content (AvgIpc) is 2.24. The van der Waals surface area contributed by atoms with Crippen molar-refractivity contribution < 1.29 is 14.7 Å². The standard InChI is InChI=1S/C12H24N2O3/c1-14(2)10-8-11(15)13-9-6-4-3-5-7-12(16)17/h3-10H2,1-2H3,(H,13,15)(H,16,17). The van der Waals surface area contributed by atoms with Crippen LogP contribution in [0.25, 0.3) is 0 Å². The number of hydrogen-bond acceptors (Lipinski definition) is 3. The van der Waals surface area contributed by atoms with E-state index in [1.165, 1.54) is 0 Å². The molecule has 17 heavy (non-hydrogen) atoms. The van der Waals surface area contributed by atoms with Crippen LogP contribution >= 0.6 is 0 Å². The number of nitrogens with zero attached hydrogens (tertiary/aromatic N) is 1. The van der Waals surface area contributed by atoms with Gasteiger partial charge in [0.25, 0.3) is 0 Å². The van der Waals surface area contributed by atoms with Gasteiger partial charge in [0, 0.05) is 25.9 Å². The van der Waals surface area contributed by atoms with Crippen molar-refractivity contribution in [3.63, 3.8) is 0 Å². The molecule has 0 spiro atoms. The first-order valence-corrected chi connectivity index (χ1v) is 6.15. The zero-order valence-corrected chi connectivity index (χ0v) is 10.9. The van der Waals surface area contributed by atoms with Crippen molar-refractivity contribution in [1.82, 2.24) is 10.2 Å². The lowest BCUT2D eigenvalue weighted by molar-refractivity contribution is -0.137. The summed E-state index contributed by atoms with van der Waals surface area (Å²) in [5, 5.41) is 11.3. The molecule has 0 saturated heterocycles. The number of carboxylic acid groups (broad SMARTS) is 1. The fraction of sp³-hybridized carbons (Fsp3) is 0.833. The molecule has 100 valence electrons. The molecule has 1 amide bonds. The van der Waals surface area contributed by atoms with E-state index < -0.39 is 5.97 Å². The molecule has 0 aliphatic rings. The average molecular weight is 244 g/mol. The van der Waals surface area contributed by atoms with Crippen molar-refractivity contribution in [3.8, 4) is 0 Å². The lowest BCUT2D eigenvalue weighted by Crippen LogP contribution is -2.28. The molecule has 0 fully saturated rings. The second-order valence-corrected chi connectivity index (χ2v) is 4.46. The smallest absolute Gasteiger partial charge is 0.303 e. The first-order valence-electron chi connectivity index (χ1n) is 6.15. The van der Waals surface area contributed by atoms with E-state index in [0.29, 0.717) is 13.0 Å². The SMILES string of the molecule is CN(C)CCC(=O)NCCCCCCC(=O)O. The summed E-state index contributed by atoms with van der Waals surface area (Å²) in [6.07, 6.45) is 4.32. The maximum Gasteiger partial charge on any atom is 0.303 e. The van der Waals surface area contributed by atoms with Gasteiger partial charge in [0.05, 0.1) is 0 Å². The molecule has 0 aliphatic carbocycles. The summed E-state index contributed by atoms with van der Waals surface area (Å²) >= 11 is 0. The Hall–Kier alpha value is -1.10. The molecule has 0 unspecified atom stereocenters. The van der Waals surface area contributed by atoms with Crippen molar-refractivity contribution in [2.24, 2.45) is 0 Å². The van der Waals surface area contributed by atoms with E-state index in [0.717, 1.165) is 32.2 Å². The Morgan fingerprint density at radius 2 is 1.71 bits per heavy atom. The lowest BCUT2D eigenvalue weighted by Gasteiger charge is -2.09. The molecule has 5 nitrogen and oxygen atoms in total. The minimum atomic E-state index is -0.734. The van der Waals surface area contributed by atoms with Crippen molar-refractivity contribution in [3.05, 3.63) is 0 Å². The minimum Gasteiger partial charge on any atom is -0.481 e. The zero-order valence-electron chi connectivity index (χ0n) is 10.9. The molecule has 0 saturated carbocycles. The van der Waals surface area contributed by atoms with Crippen LogP contribution in [0.15, 0.2) is 0 Å². The van der Waals surface area contributed by atoms with Gasteiger partial charge in [-0.15, -0.1) is 0 Å². The molecule has 0 aromatic heterocycles. The van der Waals surface area contributed by atoms with Crippen LogP contribution in [0.1, 0.15) is 38.5 Å². The molecule has 2 N–H and O–H groups in total. The second kappa shape index (κ2) is 10.1. The summed E-state index contributed by atoms with van der Waals surface area (Å²) in [7, 11) is 3.88. The van der Waals surface area contributed by atoms with Gasteiger partial charge in [-0.1, -0.05) is 12.8 Å². The molecular weight excluding hydrogens is 220 g/mol. The van der Waals surface area contributed by atoms with Gasteiger partial charge in [-0.05, 0) is 26.9 Å². The number of hydrogen-bond donors (Lipinski definition) is 2. The highest BCUT2D eigenvalue weighted by Gasteiger charge is 2.01. The van der Waals surface area contributed by atoms with Gasteiger partial charge in [-0.2, -0.15) is 0 Å². The minimum absolute atomic E-state index is 0.0873. The van der Waals surface area contributed by atoms with Gasteiger partial charge >= 0.3 is 5.97 Å². The van der Waals surface area contributed by atoms with Crippen LogP contribution in [-0.2, 0) is 9.59 Å². The van der Waals surface area contributed by atoms with E-state index in [2.05, 4.69) is 5.32 Å². The predicted molar refractivity (Wildman–Crippen MR) is 66.9 cm³/mol. The second-order valence-electron chi connectivity index (χ2n) is 4.46. The summed E-state index contributed by atoms with van der Waals surface area (Å²) in [6, 6.07) is 0. The normalized spacial score (nSPS) is 10.5. The maximum atomic E-state index is 11.3. The summed E-state index contributed by atoms with van der Waals surface area (Å²) < 4.78 is 0. The van der Waals surface area contributed by atoms with E-state index in [1.54, 1.807) is 0 Å². The third-order valence-corrected chi connectivity index (χ3v) is 2.43. The molecule has 0 radical (unpaired) electrons. The van der Waals surface area contributed by atoms with E-state index in [4.69, 9.17) is 5.11 Å². The van der Waals surface area contributed by atoms with Gasteiger partial charge in [-0.3, -0.25) is 9.59 Å². The van der Waals surface area contributed by atoms with Crippen LogP contribution < -0.4 is 5.32 Å². The van der Waals surface area contributed by atoms with Gasteiger partial charge in [0.1, 0.15) is 0 Å². The number of amides is 1. The van der Waals surface area contributed by atoms with Crippen LogP contribution in [-0.4, -0.2) is 49.1 Å². The molecule has 0 aromatic carbocycles. The number of rotatable bonds is 10. The van der Waals surface area contributed by atoms with Crippen LogP contribution in [0.3, 0.4) is 0 Å². The Morgan fingerprint density at radius 1 is 1.06 bits per heavy atom. The Balaban J connectivity index is 3.22. The summed E-state index contributed by atoms with van der Waals surface area (Å²) in [4.78, 5) is 23.5. The molecule has 0 rings (SSSR count). The number of nitrogens with one attached hydrogen (secondary N) is 1. The molecule has 5 heteroatoms.